The molecule has 0 heterocycles. The summed E-state index contributed by atoms with van der Waals surface area (Å²) in [6, 6.07) is 15.8. The van der Waals surface area contributed by atoms with Crippen LogP contribution in [0, 0.1) is 5.92 Å². The Kier molecular flexibility index (Phi) is 9.20. The predicted octanol–water partition coefficient (Wildman–Crippen LogP) is 5.24. The van der Waals surface area contributed by atoms with Gasteiger partial charge in [0, 0.05) is 11.1 Å². The number of carbonyl (C=O) groups is 2. The van der Waals surface area contributed by atoms with Crippen molar-refractivity contribution in [2.24, 2.45) is 5.92 Å². The fourth-order valence-corrected chi connectivity index (χ4v) is 1.84. The molecule has 0 saturated heterocycles. The Morgan fingerprint density at radius 2 is 1.52 bits per heavy atom. The quantitative estimate of drug-likeness (QED) is 0.319. The monoisotopic (exact) mass is 354 g/mol. The molecule has 0 N–H and O–H groups in total. The molecule has 3 nitrogen and oxygen atoms in total. The van der Waals surface area contributed by atoms with E-state index in [9.17, 15) is 9.59 Å². The Morgan fingerprint density at radius 1 is 0.960 bits per heavy atom. The Labute approximate surface area is 155 Å². The number of esters is 1. The van der Waals surface area contributed by atoms with Gasteiger partial charge in [0.2, 0.25) is 0 Å². The van der Waals surface area contributed by atoms with Crippen LogP contribution < -0.4 is 4.74 Å². The van der Waals surface area contributed by atoms with E-state index in [1.807, 2.05) is 32.0 Å². The van der Waals surface area contributed by atoms with Crippen LogP contribution in [0.4, 0.5) is 0 Å². The van der Waals surface area contributed by atoms with Gasteiger partial charge in [0.15, 0.2) is 5.78 Å². The van der Waals surface area contributed by atoms with Crippen LogP contribution in [0.25, 0.3) is 0 Å². The third kappa shape index (κ3) is 7.69. The molecule has 0 aromatic heterocycles. The summed E-state index contributed by atoms with van der Waals surface area (Å²) in [5, 5.41) is 0. The molecule has 0 aliphatic heterocycles. The lowest BCUT2D eigenvalue weighted by molar-refractivity contribution is -0.138. The number of benzene rings is 2. The SMILES string of the molecule is CCC(C)C(=O)Oc1cccc(C(=O)c2ccccc2)c1.[CH3][Al]([CH3])[CH3]. The van der Waals surface area contributed by atoms with Gasteiger partial charge < -0.3 is 4.74 Å². The van der Waals surface area contributed by atoms with Crippen LogP contribution in [0.5, 0.6) is 5.75 Å². The van der Waals surface area contributed by atoms with Crippen molar-refractivity contribution in [1.82, 2.24) is 0 Å². The minimum absolute atomic E-state index is 0.0861. The van der Waals surface area contributed by atoms with Crippen LogP contribution in [0.2, 0.25) is 17.4 Å². The highest BCUT2D eigenvalue weighted by atomic mass is 27.2. The van der Waals surface area contributed by atoms with E-state index in [1.54, 1.807) is 36.4 Å². The number of hydrogen-bond donors (Lipinski definition) is 0. The van der Waals surface area contributed by atoms with E-state index in [0.29, 0.717) is 16.9 Å². The lowest BCUT2D eigenvalue weighted by atomic mass is 10.0. The van der Waals surface area contributed by atoms with Gasteiger partial charge in [-0.25, -0.2) is 0 Å². The maximum absolute atomic E-state index is 12.3. The Balaban J connectivity index is 0.000000705. The van der Waals surface area contributed by atoms with E-state index < -0.39 is 0 Å². The van der Waals surface area contributed by atoms with Gasteiger partial charge in [-0.05, 0) is 18.6 Å². The van der Waals surface area contributed by atoms with Crippen LogP contribution in [0.1, 0.15) is 36.2 Å². The number of carbonyl (C=O) groups excluding carboxylic acids is 2. The van der Waals surface area contributed by atoms with Crippen molar-refractivity contribution in [2.75, 3.05) is 0 Å². The Bertz CT molecular complexity index is 678. The number of rotatable bonds is 5. The molecule has 25 heavy (non-hydrogen) atoms. The predicted molar refractivity (Wildman–Crippen MR) is 105 cm³/mol. The third-order valence-electron chi connectivity index (χ3n) is 3.37. The summed E-state index contributed by atoms with van der Waals surface area (Å²) in [7, 11) is 0. The van der Waals surface area contributed by atoms with Crippen molar-refractivity contribution in [3.63, 3.8) is 0 Å². The van der Waals surface area contributed by atoms with Gasteiger partial charge in [-0.2, -0.15) is 0 Å². The van der Waals surface area contributed by atoms with Gasteiger partial charge in [0.05, 0.1) is 5.92 Å². The first kappa shape index (κ1) is 21.2. The van der Waals surface area contributed by atoms with Crippen LogP contribution in [-0.4, -0.2) is 25.9 Å². The molecule has 0 spiro atoms. The Morgan fingerprint density at radius 3 is 2.08 bits per heavy atom. The zero-order valence-corrected chi connectivity index (χ0v) is 16.9. The van der Waals surface area contributed by atoms with Crippen LogP contribution in [0.15, 0.2) is 54.6 Å². The van der Waals surface area contributed by atoms with E-state index in [4.69, 9.17) is 4.74 Å². The summed E-state index contributed by atoms with van der Waals surface area (Å²) in [6.07, 6.45) is 0.724. The standard InChI is InChI=1S/C18H18O3.3CH3.Al/c1-3-13(2)18(20)21-16-11-7-10-15(12-16)17(19)14-8-5-4-6-9-14;;;;/h4-13H,3H2,1-2H3;3*1H3;. The molecule has 2 aromatic rings. The van der Waals surface area contributed by atoms with Gasteiger partial charge in [0.25, 0.3) is 14.1 Å². The molecule has 0 amide bonds. The second kappa shape index (κ2) is 10.9. The molecule has 4 heteroatoms. The minimum atomic E-state index is -0.276. The zero-order valence-electron chi connectivity index (χ0n) is 15.8. The van der Waals surface area contributed by atoms with E-state index in [2.05, 4.69) is 17.4 Å². The first-order valence-electron chi connectivity index (χ1n) is 8.76. The number of hydrogen-bond acceptors (Lipinski definition) is 3. The van der Waals surface area contributed by atoms with Gasteiger partial charge in [-0.15, -0.1) is 17.4 Å². The van der Waals surface area contributed by atoms with E-state index in [1.165, 1.54) is 0 Å². The largest absolute Gasteiger partial charge is 0.426 e. The van der Waals surface area contributed by atoms with Crippen LogP contribution in [0.3, 0.4) is 0 Å². The molecule has 2 rings (SSSR count). The third-order valence-corrected chi connectivity index (χ3v) is 3.37. The lowest BCUT2D eigenvalue weighted by Gasteiger charge is -2.09. The summed E-state index contributed by atoms with van der Waals surface area (Å²) in [5.41, 5.74) is 1.12. The summed E-state index contributed by atoms with van der Waals surface area (Å²) in [6.45, 7) is 3.75. The molecule has 0 bridgehead atoms. The highest BCUT2D eigenvalue weighted by Crippen LogP contribution is 2.18. The fraction of sp³-hybridized carbons (Fsp3) is 0.333. The maximum atomic E-state index is 12.3. The summed E-state index contributed by atoms with van der Waals surface area (Å²) in [4.78, 5) is 24.1. The molecule has 0 fully saturated rings. The van der Waals surface area contributed by atoms with E-state index in [-0.39, 0.29) is 31.8 Å². The number of ether oxygens (including phenoxy) is 1. The van der Waals surface area contributed by atoms with E-state index in [0.717, 1.165) is 6.42 Å². The molecule has 1 atom stereocenters. The zero-order chi connectivity index (χ0) is 18.8. The molecule has 132 valence electrons. The second-order valence-electron chi connectivity index (χ2n) is 6.69. The maximum Gasteiger partial charge on any atom is 0.314 e. The average molecular weight is 354 g/mol. The van der Waals surface area contributed by atoms with Gasteiger partial charge in [0.1, 0.15) is 5.75 Å². The molecular weight excluding hydrogens is 327 g/mol. The minimum Gasteiger partial charge on any atom is -0.426 e. The van der Waals surface area contributed by atoms with Gasteiger partial charge in [-0.3, -0.25) is 9.59 Å². The first-order valence-corrected chi connectivity index (χ1v) is 12.2. The molecule has 2 aromatic carbocycles. The molecular formula is C21H27AlO3. The first-order chi connectivity index (χ1) is 11.8. The van der Waals surface area contributed by atoms with E-state index >= 15 is 0 Å². The summed E-state index contributed by atoms with van der Waals surface area (Å²) in [5.74, 6) is 6.81. The topological polar surface area (TPSA) is 43.4 Å². The molecule has 0 saturated carbocycles. The Hall–Kier alpha value is -1.89. The molecule has 0 aliphatic rings. The number of ketones is 1. The highest BCUT2D eigenvalue weighted by Gasteiger charge is 2.14. The smallest absolute Gasteiger partial charge is 0.314 e. The van der Waals surface area contributed by atoms with Crippen LogP contribution >= 0.6 is 0 Å². The van der Waals surface area contributed by atoms with Gasteiger partial charge in [-0.1, -0.05) is 56.3 Å². The van der Waals surface area contributed by atoms with Crippen molar-refractivity contribution < 1.29 is 14.3 Å². The van der Waals surface area contributed by atoms with Crippen molar-refractivity contribution in [1.29, 1.82) is 0 Å². The van der Waals surface area contributed by atoms with Crippen LogP contribution in [-0.2, 0) is 4.79 Å². The van der Waals surface area contributed by atoms with Crippen molar-refractivity contribution in [2.45, 2.75) is 37.6 Å². The van der Waals surface area contributed by atoms with Crippen molar-refractivity contribution >= 4 is 25.9 Å². The molecule has 1 unspecified atom stereocenters. The van der Waals surface area contributed by atoms with Crippen molar-refractivity contribution in [3.8, 4) is 5.75 Å². The normalized spacial score (nSPS) is 10.9. The molecule has 0 radical (unpaired) electrons. The van der Waals surface area contributed by atoms with Gasteiger partial charge >= 0.3 is 5.97 Å². The second-order valence-corrected chi connectivity index (χ2v) is 10.1. The fourth-order valence-electron chi connectivity index (χ4n) is 1.84. The van der Waals surface area contributed by atoms with Crippen molar-refractivity contribution in [3.05, 3.63) is 65.7 Å². The lowest BCUT2D eigenvalue weighted by Crippen LogP contribution is -2.17. The average Bonchev–Trinajstić information content (AvgIpc) is 2.60. The molecule has 0 aliphatic carbocycles. The summed E-state index contributed by atoms with van der Waals surface area (Å²) < 4.78 is 5.30. The summed E-state index contributed by atoms with van der Waals surface area (Å²) >= 11 is -0.139. The highest BCUT2D eigenvalue weighted by molar-refractivity contribution is 6.54.